The van der Waals surface area contributed by atoms with Crippen LogP contribution in [0.25, 0.3) is 0 Å². The molecule has 0 atom stereocenters. The number of nitrogens with zero attached hydrogens (tertiary/aromatic N) is 3. The van der Waals surface area contributed by atoms with Crippen molar-refractivity contribution < 1.29 is 22.8 Å². The number of benzene rings is 1. The van der Waals surface area contributed by atoms with Crippen LogP contribution in [0.15, 0.2) is 47.6 Å². The van der Waals surface area contributed by atoms with Gasteiger partial charge in [-0.05, 0) is 49.6 Å². The Balaban J connectivity index is 1.27. The molecule has 12 heteroatoms. The molecule has 3 N–H and O–H groups in total. The summed E-state index contributed by atoms with van der Waals surface area (Å²) in [6, 6.07) is 6.83. The van der Waals surface area contributed by atoms with E-state index in [1.54, 1.807) is 6.07 Å². The quantitative estimate of drug-likeness (QED) is 0.496. The molecule has 0 bridgehead atoms. The number of carbonyl (C=O) groups excluding carboxylic acids is 3. The molecule has 4 rings (SSSR count). The van der Waals surface area contributed by atoms with Crippen molar-refractivity contribution in [1.82, 2.24) is 20.2 Å². The summed E-state index contributed by atoms with van der Waals surface area (Å²) in [5.74, 6) is -0.542. The van der Waals surface area contributed by atoms with Crippen molar-refractivity contribution in [1.29, 1.82) is 0 Å². The summed E-state index contributed by atoms with van der Waals surface area (Å²) in [6.07, 6.45) is 6.43. The molecule has 1 aliphatic carbocycles. The van der Waals surface area contributed by atoms with Gasteiger partial charge in [-0.2, -0.15) is 0 Å². The lowest BCUT2D eigenvalue weighted by molar-refractivity contribution is -0.131. The molecule has 174 valence electrons. The second-order valence-corrected chi connectivity index (χ2v) is 9.71. The fourth-order valence-electron chi connectivity index (χ4n) is 4.07. The standard InChI is InChI=1S/C21H24N6O5S/c28-17(5-3-14-27-18(29)21(25-20(27)30)10-1-2-11-21)24-15-6-8-16(9-7-15)33(31,32)26-19-22-12-4-13-23-19/h4,6-9,12-13H,1-3,5,10-11,14H2,(H,24,28)(H,25,30)(H,22,23,26). The van der Waals surface area contributed by atoms with E-state index in [1.807, 2.05) is 0 Å². The van der Waals surface area contributed by atoms with Crippen molar-refractivity contribution in [2.24, 2.45) is 0 Å². The van der Waals surface area contributed by atoms with Gasteiger partial charge >= 0.3 is 6.03 Å². The number of imide groups is 1. The van der Waals surface area contributed by atoms with Gasteiger partial charge in [-0.25, -0.2) is 27.9 Å². The number of hydrogen-bond donors (Lipinski definition) is 3. The van der Waals surface area contributed by atoms with E-state index in [0.717, 1.165) is 12.8 Å². The molecule has 11 nitrogen and oxygen atoms in total. The molecule has 1 spiro atoms. The first kappa shape index (κ1) is 22.6. The Hall–Kier alpha value is -3.54. The highest BCUT2D eigenvalue weighted by Gasteiger charge is 2.52. The second kappa shape index (κ2) is 9.14. The van der Waals surface area contributed by atoms with Crippen molar-refractivity contribution in [3.8, 4) is 0 Å². The molecule has 1 aliphatic heterocycles. The summed E-state index contributed by atoms with van der Waals surface area (Å²) in [5, 5.41) is 5.50. The number of carbonyl (C=O) groups is 3. The molecule has 1 saturated carbocycles. The van der Waals surface area contributed by atoms with Crippen LogP contribution in [-0.4, -0.2) is 53.2 Å². The van der Waals surface area contributed by atoms with Crippen LogP contribution < -0.4 is 15.4 Å². The monoisotopic (exact) mass is 472 g/mol. The van der Waals surface area contributed by atoms with Crippen LogP contribution in [0.2, 0.25) is 0 Å². The number of aromatic nitrogens is 2. The number of sulfonamides is 1. The summed E-state index contributed by atoms with van der Waals surface area (Å²) in [5.41, 5.74) is -0.321. The van der Waals surface area contributed by atoms with E-state index in [0.29, 0.717) is 24.9 Å². The fourth-order valence-corrected chi connectivity index (χ4v) is 5.02. The van der Waals surface area contributed by atoms with E-state index in [-0.39, 0.29) is 35.6 Å². The average Bonchev–Trinajstić information content (AvgIpc) is 3.34. The van der Waals surface area contributed by atoms with E-state index in [2.05, 4.69) is 25.3 Å². The van der Waals surface area contributed by atoms with E-state index in [1.165, 1.54) is 41.6 Å². The van der Waals surface area contributed by atoms with Crippen LogP contribution >= 0.6 is 0 Å². The Labute approximate surface area is 191 Å². The first-order chi connectivity index (χ1) is 15.8. The van der Waals surface area contributed by atoms with Crippen LogP contribution in [-0.2, 0) is 19.6 Å². The topological polar surface area (TPSA) is 150 Å². The molecule has 2 fully saturated rings. The van der Waals surface area contributed by atoms with E-state index < -0.39 is 21.6 Å². The van der Waals surface area contributed by atoms with Gasteiger partial charge in [0.25, 0.3) is 15.9 Å². The fraction of sp³-hybridized carbons (Fsp3) is 0.381. The molecule has 4 amide bonds. The van der Waals surface area contributed by atoms with Crippen molar-refractivity contribution in [2.75, 3.05) is 16.6 Å². The molecular weight excluding hydrogens is 448 g/mol. The third-order valence-corrected chi connectivity index (χ3v) is 7.07. The molecule has 0 radical (unpaired) electrons. The number of rotatable bonds is 8. The predicted molar refractivity (Wildman–Crippen MR) is 119 cm³/mol. The molecule has 1 aromatic carbocycles. The minimum atomic E-state index is -3.87. The summed E-state index contributed by atoms with van der Waals surface area (Å²) < 4.78 is 27.1. The van der Waals surface area contributed by atoms with Crippen molar-refractivity contribution in [3.63, 3.8) is 0 Å². The number of hydrogen-bond acceptors (Lipinski definition) is 7. The van der Waals surface area contributed by atoms with Crippen molar-refractivity contribution in [3.05, 3.63) is 42.7 Å². The van der Waals surface area contributed by atoms with Crippen molar-refractivity contribution in [2.45, 2.75) is 49.0 Å². The maximum absolute atomic E-state index is 12.6. The number of nitrogens with one attached hydrogen (secondary N) is 3. The van der Waals surface area contributed by atoms with Crippen LogP contribution in [0.3, 0.4) is 0 Å². The smallest absolute Gasteiger partial charge is 0.325 e. The van der Waals surface area contributed by atoms with Gasteiger partial charge in [0.2, 0.25) is 11.9 Å². The highest BCUT2D eigenvalue weighted by atomic mass is 32.2. The molecule has 2 aromatic rings. The zero-order chi connectivity index (χ0) is 23.5. The lowest BCUT2D eigenvalue weighted by Crippen LogP contribution is -2.44. The van der Waals surface area contributed by atoms with Crippen LogP contribution in [0.4, 0.5) is 16.4 Å². The molecule has 2 heterocycles. The van der Waals surface area contributed by atoms with Gasteiger partial charge < -0.3 is 10.6 Å². The lowest BCUT2D eigenvalue weighted by atomic mass is 9.98. The average molecular weight is 473 g/mol. The summed E-state index contributed by atoms with van der Waals surface area (Å²) in [4.78, 5) is 45.9. The highest BCUT2D eigenvalue weighted by molar-refractivity contribution is 7.92. The minimum absolute atomic E-state index is 0.00708. The Morgan fingerprint density at radius 2 is 1.76 bits per heavy atom. The van der Waals surface area contributed by atoms with Crippen molar-refractivity contribution >= 4 is 39.5 Å². The first-order valence-corrected chi connectivity index (χ1v) is 12.1. The molecule has 0 unspecified atom stereocenters. The normalized spacial score (nSPS) is 17.3. The number of amides is 4. The predicted octanol–water partition coefficient (Wildman–Crippen LogP) is 1.86. The van der Waals surface area contributed by atoms with Gasteiger partial charge in [0.15, 0.2) is 0 Å². The molecule has 33 heavy (non-hydrogen) atoms. The van der Waals surface area contributed by atoms with Gasteiger partial charge in [-0.1, -0.05) is 12.8 Å². The van der Waals surface area contributed by atoms with Crippen LogP contribution in [0, 0.1) is 0 Å². The SMILES string of the molecule is O=C(CCCN1C(=O)NC2(CCCC2)C1=O)Nc1ccc(S(=O)(=O)Nc2ncccn2)cc1. The second-order valence-electron chi connectivity index (χ2n) is 8.03. The molecule has 2 aliphatic rings. The van der Waals surface area contributed by atoms with Crippen LogP contribution in [0.5, 0.6) is 0 Å². The maximum atomic E-state index is 12.6. The third-order valence-electron chi connectivity index (χ3n) is 5.73. The van der Waals surface area contributed by atoms with E-state index >= 15 is 0 Å². The van der Waals surface area contributed by atoms with Gasteiger partial charge in [-0.3, -0.25) is 14.5 Å². The summed E-state index contributed by atoms with van der Waals surface area (Å²) >= 11 is 0. The zero-order valence-electron chi connectivity index (χ0n) is 17.8. The highest BCUT2D eigenvalue weighted by Crippen LogP contribution is 2.35. The molecular formula is C21H24N6O5S. The van der Waals surface area contributed by atoms with Gasteiger partial charge in [-0.15, -0.1) is 0 Å². The molecule has 1 saturated heterocycles. The maximum Gasteiger partial charge on any atom is 0.325 e. The van der Waals surface area contributed by atoms with Gasteiger partial charge in [0.05, 0.1) is 4.90 Å². The summed E-state index contributed by atoms with van der Waals surface area (Å²) in [7, 11) is -3.87. The largest absolute Gasteiger partial charge is 0.326 e. The molecule has 1 aromatic heterocycles. The Morgan fingerprint density at radius 3 is 2.42 bits per heavy atom. The zero-order valence-corrected chi connectivity index (χ0v) is 18.6. The Bertz CT molecular complexity index is 1150. The van der Waals surface area contributed by atoms with E-state index in [9.17, 15) is 22.8 Å². The Kier molecular flexibility index (Phi) is 6.27. The first-order valence-electron chi connectivity index (χ1n) is 10.6. The van der Waals surface area contributed by atoms with E-state index in [4.69, 9.17) is 0 Å². The number of anilines is 2. The Morgan fingerprint density at radius 1 is 1.09 bits per heavy atom. The number of urea groups is 1. The lowest BCUT2D eigenvalue weighted by Gasteiger charge is -2.19. The third kappa shape index (κ3) is 4.95. The van der Waals surface area contributed by atoms with Crippen LogP contribution in [0.1, 0.15) is 38.5 Å². The summed E-state index contributed by atoms with van der Waals surface area (Å²) in [6.45, 7) is 0.171. The van der Waals surface area contributed by atoms with Gasteiger partial charge in [0, 0.05) is 31.0 Å². The van der Waals surface area contributed by atoms with Gasteiger partial charge in [0.1, 0.15) is 5.54 Å². The minimum Gasteiger partial charge on any atom is -0.326 e.